The van der Waals surface area contributed by atoms with Crippen LogP contribution in [0.4, 0.5) is 0 Å². The van der Waals surface area contributed by atoms with Crippen molar-refractivity contribution in [3.63, 3.8) is 0 Å². The van der Waals surface area contributed by atoms with E-state index in [1.807, 2.05) is 6.92 Å². The van der Waals surface area contributed by atoms with E-state index >= 15 is 0 Å². The molecule has 0 bridgehead atoms. The molecule has 1 rings (SSSR count). The van der Waals surface area contributed by atoms with Gasteiger partial charge >= 0.3 is 5.97 Å². The molecular formula is C16H32N2O2. The SMILES string of the molecule is CCCNC(CC)(CCCN1CCCC1(C)C)C(=O)O. The van der Waals surface area contributed by atoms with E-state index in [-0.39, 0.29) is 5.54 Å². The average Bonchev–Trinajstić information content (AvgIpc) is 2.73. The van der Waals surface area contributed by atoms with Crippen LogP contribution in [0.5, 0.6) is 0 Å². The summed E-state index contributed by atoms with van der Waals surface area (Å²) in [6, 6.07) is 0. The van der Waals surface area contributed by atoms with Gasteiger partial charge in [0.1, 0.15) is 5.54 Å². The molecule has 0 aromatic carbocycles. The summed E-state index contributed by atoms with van der Waals surface area (Å²) in [5.41, 5.74) is -0.450. The van der Waals surface area contributed by atoms with E-state index < -0.39 is 11.5 Å². The molecule has 4 heteroatoms. The standard InChI is InChI=1S/C16H32N2O2/c1-5-11-17-16(6-2,14(19)20)10-8-13-18-12-7-9-15(18,3)4/h17H,5-13H2,1-4H3,(H,19,20). The molecule has 1 aliphatic heterocycles. The number of carboxylic acids is 1. The van der Waals surface area contributed by atoms with Crippen molar-refractivity contribution in [1.82, 2.24) is 10.2 Å². The second-order valence-electron chi connectivity index (χ2n) is 6.67. The number of aliphatic carboxylic acids is 1. The summed E-state index contributed by atoms with van der Waals surface area (Å²) in [5.74, 6) is -0.700. The molecule has 0 spiro atoms. The van der Waals surface area contributed by atoms with E-state index in [0.717, 1.165) is 32.5 Å². The molecule has 0 saturated carbocycles. The Morgan fingerprint density at radius 2 is 2.10 bits per heavy atom. The third kappa shape index (κ3) is 4.19. The summed E-state index contributed by atoms with van der Waals surface area (Å²) >= 11 is 0. The van der Waals surface area contributed by atoms with Crippen molar-refractivity contribution < 1.29 is 9.90 Å². The minimum Gasteiger partial charge on any atom is -0.480 e. The zero-order valence-electron chi connectivity index (χ0n) is 13.7. The molecule has 20 heavy (non-hydrogen) atoms. The molecule has 2 N–H and O–H groups in total. The van der Waals surface area contributed by atoms with Crippen molar-refractivity contribution >= 4 is 5.97 Å². The molecule has 0 radical (unpaired) electrons. The molecule has 1 saturated heterocycles. The van der Waals surface area contributed by atoms with Gasteiger partial charge in [-0.1, -0.05) is 13.8 Å². The predicted octanol–water partition coefficient (Wildman–Crippen LogP) is 2.87. The van der Waals surface area contributed by atoms with Gasteiger partial charge in [0.15, 0.2) is 0 Å². The van der Waals surface area contributed by atoms with Crippen LogP contribution in [-0.4, -0.2) is 46.7 Å². The molecule has 1 aliphatic rings. The molecular weight excluding hydrogens is 252 g/mol. The normalized spacial score (nSPS) is 21.8. The summed E-state index contributed by atoms with van der Waals surface area (Å²) < 4.78 is 0. The van der Waals surface area contributed by atoms with E-state index in [0.29, 0.717) is 12.8 Å². The highest BCUT2D eigenvalue weighted by Gasteiger charge is 2.36. The summed E-state index contributed by atoms with van der Waals surface area (Å²) in [5, 5.41) is 12.8. The molecule has 1 unspecified atom stereocenters. The number of carbonyl (C=O) groups is 1. The highest BCUT2D eigenvalue weighted by molar-refractivity contribution is 5.78. The lowest BCUT2D eigenvalue weighted by Gasteiger charge is -2.34. The second-order valence-corrected chi connectivity index (χ2v) is 6.67. The van der Waals surface area contributed by atoms with Crippen LogP contribution in [0.2, 0.25) is 0 Å². The van der Waals surface area contributed by atoms with Gasteiger partial charge in [0, 0.05) is 5.54 Å². The fraction of sp³-hybridized carbons (Fsp3) is 0.938. The van der Waals surface area contributed by atoms with Crippen molar-refractivity contribution in [1.29, 1.82) is 0 Å². The smallest absolute Gasteiger partial charge is 0.323 e. The van der Waals surface area contributed by atoms with Crippen LogP contribution in [0.3, 0.4) is 0 Å². The van der Waals surface area contributed by atoms with E-state index in [1.165, 1.54) is 12.8 Å². The van der Waals surface area contributed by atoms with Crippen LogP contribution in [-0.2, 0) is 4.79 Å². The van der Waals surface area contributed by atoms with Crippen LogP contribution >= 0.6 is 0 Å². The first-order valence-corrected chi connectivity index (χ1v) is 8.11. The fourth-order valence-electron chi connectivity index (χ4n) is 3.24. The lowest BCUT2D eigenvalue weighted by molar-refractivity contribution is -0.145. The Morgan fingerprint density at radius 3 is 2.55 bits per heavy atom. The van der Waals surface area contributed by atoms with Crippen LogP contribution in [0.25, 0.3) is 0 Å². The Kier molecular flexibility index (Phi) is 6.46. The predicted molar refractivity (Wildman–Crippen MR) is 83.1 cm³/mol. The molecule has 4 nitrogen and oxygen atoms in total. The van der Waals surface area contributed by atoms with Gasteiger partial charge in [-0.15, -0.1) is 0 Å². The van der Waals surface area contributed by atoms with Gasteiger partial charge in [-0.25, -0.2) is 0 Å². The number of hydrogen-bond donors (Lipinski definition) is 2. The summed E-state index contributed by atoms with van der Waals surface area (Å²) in [7, 11) is 0. The first kappa shape index (κ1) is 17.4. The number of likely N-dealkylation sites (tertiary alicyclic amines) is 1. The maximum Gasteiger partial charge on any atom is 0.323 e. The van der Waals surface area contributed by atoms with Gasteiger partial charge in [0.25, 0.3) is 0 Å². The Hall–Kier alpha value is -0.610. The summed E-state index contributed by atoms with van der Waals surface area (Å²) in [6.45, 7) is 11.6. The van der Waals surface area contributed by atoms with Crippen molar-refractivity contribution in [3.05, 3.63) is 0 Å². The van der Waals surface area contributed by atoms with Crippen LogP contribution in [0.15, 0.2) is 0 Å². The van der Waals surface area contributed by atoms with E-state index in [9.17, 15) is 9.90 Å². The van der Waals surface area contributed by atoms with E-state index in [2.05, 4.69) is 31.0 Å². The minimum atomic E-state index is -0.736. The number of rotatable bonds is 9. The van der Waals surface area contributed by atoms with Gasteiger partial charge in [-0.2, -0.15) is 0 Å². The quantitative estimate of drug-likeness (QED) is 0.683. The molecule has 1 heterocycles. The Labute approximate surface area is 123 Å². The highest BCUT2D eigenvalue weighted by Crippen LogP contribution is 2.29. The second kappa shape index (κ2) is 7.41. The van der Waals surface area contributed by atoms with Crippen molar-refractivity contribution in [3.8, 4) is 0 Å². The van der Waals surface area contributed by atoms with Gasteiger partial charge < -0.3 is 10.4 Å². The number of nitrogens with zero attached hydrogens (tertiary/aromatic N) is 1. The van der Waals surface area contributed by atoms with Crippen LogP contribution in [0, 0.1) is 0 Å². The molecule has 0 aromatic rings. The monoisotopic (exact) mass is 284 g/mol. The van der Waals surface area contributed by atoms with Crippen LogP contribution in [0.1, 0.15) is 66.2 Å². The summed E-state index contributed by atoms with van der Waals surface area (Å²) in [4.78, 5) is 14.1. The third-order valence-corrected chi connectivity index (χ3v) is 4.83. The largest absolute Gasteiger partial charge is 0.480 e. The van der Waals surface area contributed by atoms with Crippen molar-refractivity contribution in [2.75, 3.05) is 19.6 Å². The van der Waals surface area contributed by atoms with E-state index in [1.54, 1.807) is 0 Å². The van der Waals surface area contributed by atoms with Crippen molar-refractivity contribution in [2.45, 2.75) is 77.3 Å². The molecule has 1 fully saturated rings. The zero-order valence-corrected chi connectivity index (χ0v) is 13.7. The number of carboxylic acid groups (broad SMARTS) is 1. The molecule has 0 amide bonds. The van der Waals surface area contributed by atoms with E-state index in [4.69, 9.17) is 0 Å². The highest BCUT2D eigenvalue weighted by atomic mass is 16.4. The lowest BCUT2D eigenvalue weighted by Crippen LogP contribution is -2.52. The Balaban J connectivity index is 2.52. The first-order valence-electron chi connectivity index (χ1n) is 8.11. The fourth-order valence-corrected chi connectivity index (χ4v) is 3.24. The molecule has 118 valence electrons. The number of nitrogens with one attached hydrogen (secondary N) is 1. The van der Waals surface area contributed by atoms with Gasteiger partial charge in [-0.3, -0.25) is 9.69 Å². The minimum absolute atomic E-state index is 0.287. The maximum absolute atomic E-state index is 11.6. The lowest BCUT2D eigenvalue weighted by atomic mass is 9.89. The van der Waals surface area contributed by atoms with Crippen molar-refractivity contribution in [2.24, 2.45) is 0 Å². The average molecular weight is 284 g/mol. The topological polar surface area (TPSA) is 52.6 Å². The maximum atomic E-state index is 11.6. The number of hydrogen-bond acceptors (Lipinski definition) is 3. The molecule has 0 aromatic heterocycles. The zero-order chi connectivity index (χ0) is 15.2. The van der Waals surface area contributed by atoms with Gasteiger partial charge in [-0.05, 0) is 72.0 Å². The van der Waals surface area contributed by atoms with Gasteiger partial charge in [0.2, 0.25) is 0 Å². The van der Waals surface area contributed by atoms with Crippen LogP contribution < -0.4 is 5.32 Å². The third-order valence-electron chi connectivity index (χ3n) is 4.83. The Bertz CT molecular complexity index is 318. The molecule has 0 aliphatic carbocycles. The molecule has 1 atom stereocenters. The summed E-state index contributed by atoms with van der Waals surface area (Å²) in [6.07, 6.45) is 5.78. The van der Waals surface area contributed by atoms with Gasteiger partial charge in [0.05, 0.1) is 0 Å². The Morgan fingerprint density at radius 1 is 1.40 bits per heavy atom. The first-order chi connectivity index (χ1) is 9.38.